The van der Waals surface area contributed by atoms with Crippen LogP contribution in [0.1, 0.15) is 30.8 Å². The van der Waals surface area contributed by atoms with E-state index in [-0.39, 0.29) is 11.2 Å². The predicted octanol–water partition coefficient (Wildman–Crippen LogP) is 2.82. The van der Waals surface area contributed by atoms with Gasteiger partial charge in [-0.1, -0.05) is 12.1 Å². The maximum atomic E-state index is 12.6. The maximum absolute atomic E-state index is 12.6. The molecule has 0 saturated carbocycles. The molecule has 1 amide bonds. The number of H-pyrrole nitrogens is 1. The van der Waals surface area contributed by atoms with Crippen LogP contribution >= 0.6 is 11.8 Å². The monoisotopic (exact) mass is 358 g/mol. The van der Waals surface area contributed by atoms with E-state index in [0.717, 1.165) is 67.7 Å². The number of para-hydroxylation sites is 2. The van der Waals surface area contributed by atoms with Gasteiger partial charge in [0, 0.05) is 13.1 Å². The quantitative estimate of drug-likeness (QED) is 0.882. The third-order valence-corrected chi connectivity index (χ3v) is 6.76. The Morgan fingerprint density at radius 2 is 2.00 bits per heavy atom. The van der Waals surface area contributed by atoms with Crippen molar-refractivity contribution in [2.24, 2.45) is 11.8 Å². The lowest BCUT2D eigenvalue weighted by atomic mass is 9.92. The fourth-order valence-electron chi connectivity index (χ4n) is 4.00. The number of fused-ring (bicyclic) bond motifs is 2. The molecule has 25 heavy (non-hydrogen) atoms. The summed E-state index contributed by atoms with van der Waals surface area (Å²) in [5.41, 5.74) is 2.05. The largest absolute Gasteiger partial charge is 0.342 e. The molecule has 3 atom stereocenters. The van der Waals surface area contributed by atoms with Crippen molar-refractivity contribution in [2.75, 3.05) is 31.9 Å². The van der Waals surface area contributed by atoms with Crippen molar-refractivity contribution in [1.29, 1.82) is 0 Å². The Bertz CT molecular complexity index is 699. The summed E-state index contributed by atoms with van der Waals surface area (Å²) in [5, 5.41) is 3.67. The summed E-state index contributed by atoms with van der Waals surface area (Å²) in [6.07, 6.45) is 2.29. The number of hydrogen-bond acceptors (Lipinski definition) is 4. The molecule has 0 aliphatic carbocycles. The van der Waals surface area contributed by atoms with Crippen molar-refractivity contribution < 1.29 is 4.79 Å². The van der Waals surface area contributed by atoms with E-state index in [1.807, 2.05) is 24.3 Å². The normalized spacial score (nSPS) is 24.9. The highest BCUT2D eigenvalue weighted by atomic mass is 32.2. The molecule has 0 bridgehead atoms. The van der Waals surface area contributed by atoms with Gasteiger partial charge in [0.1, 0.15) is 5.82 Å². The van der Waals surface area contributed by atoms with Crippen molar-refractivity contribution in [1.82, 2.24) is 20.2 Å². The van der Waals surface area contributed by atoms with Gasteiger partial charge in [0.25, 0.3) is 0 Å². The summed E-state index contributed by atoms with van der Waals surface area (Å²) in [4.78, 5) is 22.7. The Morgan fingerprint density at radius 1 is 1.28 bits per heavy atom. The number of hydrogen-bond donors (Lipinski definition) is 2. The number of aromatic nitrogens is 2. The first-order valence-corrected chi connectivity index (χ1v) is 10.3. The summed E-state index contributed by atoms with van der Waals surface area (Å²) in [7, 11) is 0. The fraction of sp³-hybridized carbons (Fsp3) is 0.579. The molecule has 4 rings (SSSR count). The number of amides is 1. The number of carbonyl (C=O) groups excluding carboxylic acids is 1. The van der Waals surface area contributed by atoms with Gasteiger partial charge in [-0.3, -0.25) is 4.79 Å². The van der Waals surface area contributed by atoms with E-state index in [2.05, 4.69) is 27.1 Å². The zero-order chi connectivity index (χ0) is 17.2. The number of imidazole rings is 1. The van der Waals surface area contributed by atoms with E-state index in [9.17, 15) is 4.79 Å². The molecular formula is C19H26N4OS. The van der Waals surface area contributed by atoms with Crippen LogP contribution in [0.2, 0.25) is 0 Å². The first-order chi connectivity index (χ1) is 12.2. The molecule has 0 spiro atoms. The van der Waals surface area contributed by atoms with Crippen LogP contribution in [0.15, 0.2) is 24.3 Å². The number of likely N-dealkylation sites (tertiary alicyclic amines) is 1. The molecule has 5 nitrogen and oxygen atoms in total. The van der Waals surface area contributed by atoms with Crippen LogP contribution in [-0.4, -0.2) is 52.7 Å². The molecule has 134 valence electrons. The summed E-state index contributed by atoms with van der Waals surface area (Å²) in [5.74, 6) is 3.29. The van der Waals surface area contributed by atoms with Crippen molar-refractivity contribution in [3.8, 4) is 0 Å². The second-order valence-electron chi connectivity index (χ2n) is 7.23. The maximum Gasteiger partial charge on any atom is 0.232 e. The Labute approximate surface area is 153 Å². The molecule has 3 heterocycles. The van der Waals surface area contributed by atoms with Gasteiger partial charge in [-0.05, 0) is 56.8 Å². The van der Waals surface area contributed by atoms with E-state index < -0.39 is 0 Å². The highest BCUT2D eigenvalue weighted by Crippen LogP contribution is 2.30. The molecule has 2 N–H and O–H groups in total. The van der Waals surface area contributed by atoms with Gasteiger partial charge < -0.3 is 15.2 Å². The van der Waals surface area contributed by atoms with Crippen LogP contribution in [0.3, 0.4) is 0 Å². The Kier molecular flexibility index (Phi) is 4.99. The molecule has 6 heteroatoms. The van der Waals surface area contributed by atoms with Crippen molar-refractivity contribution in [3.05, 3.63) is 30.1 Å². The smallest absolute Gasteiger partial charge is 0.232 e. The first kappa shape index (κ1) is 16.9. The van der Waals surface area contributed by atoms with Gasteiger partial charge in [-0.2, -0.15) is 0 Å². The van der Waals surface area contributed by atoms with Crippen LogP contribution < -0.4 is 5.32 Å². The molecular weight excluding hydrogens is 332 g/mol. The van der Waals surface area contributed by atoms with Crippen LogP contribution in [-0.2, 0) is 4.79 Å². The summed E-state index contributed by atoms with van der Waals surface area (Å²) < 4.78 is 0. The summed E-state index contributed by atoms with van der Waals surface area (Å²) >= 11 is 1.68. The zero-order valence-electron chi connectivity index (χ0n) is 14.7. The van der Waals surface area contributed by atoms with E-state index in [1.54, 1.807) is 11.8 Å². The van der Waals surface area contributed by atoms with E-state index >= 15 is 0 Å². The number of thioether (sulfide) groups is 1. The number of aromatic amines is 1. The Hall–Kier alpha value is -1.53. The fourth-order valence-corrected chi connectivity index (χ4v) is 4.84. The Morgan fingerprint density at radius 3 is 2.72 bits per heavy atom. The van der Waals surface area contributed by atoms with E-state index in [1.165, 1.54) is 0 Å². The lowest BCUT2D eigenvalue weighted by Crippen LogP contribution is -2.34. The van der Waals surface area contributed by atoms with E-state index in [4.69, 9.17) is 0 Å². The number of benzene rings is 1. The van der Waals surface area contributed by atoms with Gasteiger partial charge in [0.2, 0.25) is 5.91 Å². The third kappa shape index (κ3) is 3.70. The molecule has 2 aliphatic rings. The average Bonchev–Trinajstić information content (AvgIpc) is 3.21. The van der Waals surface area contributed by atoms with Crippen LogP contribution in [0.25, 0.3) is 11.0 Å². The molecule has 1 aromatic carbocycles. The molecule has 2 aliphatic heterocycles. The second-order valence-corrected chi connectivity index (χ2v) is 8.56. The minimum atomic E-state index is 0.187. The molecule has 0 radical (unpaired) electrons. The molecule has 1 aromatic heterocycles. The minimum Gasteiger partial charge on any atom is -0.342 e. The molecule has 2 aromatic rings. The van der Waals surface area contributed by atoms with Crippen molar-refractivity contribution >= 4 is 28.7 Å². The summed E-state index contributed by atoms with van der Waals surface area (Å²) in [6.45, 7) is 6.21. The van der Waals surface area contributed by atoms with Crippen molar-refractivity contribution in [3.63, 3.8) is 0 Å². The number of nitrogens with zero attached hydrogens (tertiary/aromatic N) is 2. The Balaban J connectivity index is 1.32. The highest BCUT2D eigenvalue weighted by Gasteiger charge is 2.31. The number of carbonyl (C=O) groups is 1. The minimum absolute atomic E-state index is 0.187. The average molecular weight is 359 g/mol. The van der Waals surface area contributed by atoms with E-state index in [0.29, 0.717) is 5.75 Å². The standard InChI is InChI=1S/C19H26N4OS/c1-13(19-21-16-4-2-3-5-17(16)22-19)25-12-18(24)23-8-6-14-10-20-11-15(14)7-9-23/h2-5,13-15,20H,6-12H2,1H3,(H,21,22)/t13?,14-,15+. The molecule has 1 unspecified atom stereocenters. The van der Waals surface area contributed by atoms with Gasteiger partial charge in [-0.25, -0.2) is 4.98 Å². The SMILES string of the molecule is CC(SCC(=O)N1CC[C@@H]2CNC[C@@H]2CC1)c1nc2ccccc2[nH]1. The van der Waals surface area contributed by atoms with Gasteiger partial charge in [0.15, 0.2) is 0 Å². The van der Waals surface area contributed by atoms with Crippen molar-refractivity contribution in [2.45, 2.75) is 25.0 Å². The van der Waals surface area contributed by atoms with Gasteiger partial charge in [-0.15, -0.1) is 11.8 Å². The first-order valence-electron chi connectivity index (χ1n) is 9.25. The highest BCUT2D eigenvalue weighted by molar-refractivity contribution is 8.00. The topological polar surface area (TPSA) is 61.0 Å². The van der Waals surface area contributed by atoms with Crippen LogP contribution in [0, 0.1) is 11.8 Å². The molecule has 2 saturated heterocycles. The second kappa shape index (κ2) is 7.38. The number of nitrogens with one attached hydrogen (secondary N) is 2. The van der Waals surface area contributed by atoms with Gasteiger partial charge >= 0.3 is 0 Å². The third-order valence-electron chi connectivity index (χ3n) is 5.62. The zero-order valence-corrected chi connectivity index (χ0v) is 15.5. The predicted molar refractivity (Wildman–Crippen MR) is 103 cm³/mol. The summed E-state index contributed by atoms with van der Waals surface area (Å²) in [6, 6.07) is 8.06. The van der Waals surface area contributed by atoms with Crippen LogP contribution in [0.4, 0.5) is 0 Å². The number of rotatable bonds is 4. The van der Waals surface area contributed by atoms with Crippen LogP contribution in [0.5, 0.6) is 0 Å². The lowest BCUT2D eigenvalue weighted by molar-refractivity contribution is -0.128. The molecule has 2 fully saturated rings. The lowest BCUT2D eigenvalue weighted by Gasteiger charge is -2.21. The van der Waals surface area contributed by atoms with Gasteiger partial charge in [0.05, 0.1) is 22.0 Å².